The van der Waals surface area contributed by atoms with Crippen molar-refractivity contribution in [3.63, 3.8) is 0 Å². The molecule has 22 heavy (non-hydrogen) atoms. The van der Waals surface area contributed by atoms with Crippen LogP contribution in [0.3, 0.4) is 0 Å². The normalized spacial score (nSPS) is 11.8. The van der Waals surface area contributed by atoms with Crippen molar-refractivity contribution in [3.8, 4) is 5.69 Å². The summed E-state index contributed by atoms with van der Waals surface area (Å²) in [6.45, 7) is 0. The number of nitrogens with one attached hydrogen (secondary N) is 1. The number of hydrogen-bond acceptors (Lipinski definition) is 4. The fourth-order valence-electron chi connectivity index (χ4n) is 2.52. The van der Waals surface area contributed by atoms with E-state index in [9.17, 15) is 4.79 Å². The van der Waals surface area contributed by atoms with Crippen LogP contribution in [-0.4, -0.2) is 9.13 Å². The van der Waals surface area contributed by atoms with Crippen molar-refractivity contribution >= 4 is 16.7 Å². The molecule has 0 bridgehead atoms. The van der Waals surface area contributed by atoms with Gasteiger partial charge in [0, 0.05) is 13.2 Å². The van der Waals surface area contributed by atoms with Gasteiger partial charge in [-0.05, 0) is 29.8 Å². The van der Waals surface area contributed by atoms with E-state index in [2.05, 4.69) is 5.43 Å². The van der Waals surface area contributed by atoms with Gasteiger partial charge in [-0.1, -0.05) is 24.3 Å². The minimum absolute atomic E-state index is 0.0823. The summed E-state index contributed by atoms with van der Waals surface area (Å²) in [5.41, 5.74) is 12.1. The smallest absolute Gasteiger partial charge is 0.333 e. The Balaban J connectivity index is 2.15. The largest absolute Gasteiger partial charge is 0.397 e. The number of rotatable bonds is 3. The van der Waals surface area contributed by atoms with Crippen molar-refractivity contribution in [1.29, 1.82) is 0 Å². The van der Waals surface area contributed by atoms with Crippen LogP contribution in [0.2, 0.25) is 0 Å². The summed E-state index contributed by atoms with van der Waals surface area (Å²) in [6, 6.07) is 15.1. The Morgan fingerprint density at radius 3 is 2.36 bits per heavy atom. The van der Waals surface area contributed by atoms with Gasteiger partial charge in [0.2, 0.25) is 0 Å². The average molecular weight is 295 g/mol. The molecule has 0 saturated carbocycles. The molecule has 3 aromatic rings. The minimum Gasteiger partial charge on any atom is -0.397 e. The van der Waals surface area contributed by atoms with Gasteiger partial charge in [-0.15, -0.1) is 0 Å². The Kier molecular flexibility index (Phi) is 3.44. The first-order valence-corrected chi connectivity index (χ1v) is 6.82. The van der Waals surface area contributed by atoms with Crippen molar-refractivity contribution < 1.29 is 0 Å². The number of hydrogen-bond donors (Lipinski definition) is 3. The van der Waals surface area contributed by atoms with Crippen LogP contribution in [0.15, 0.2) is 59.5 Å². The molecule has 0 saturated heterocycles. The second kappa shape index (κ2) is 5.42. The number of aromatic nitrogens is 2. The molecule has 3 rings (SSSR count). The van der Waals surface area contributed by atoms with E-state index in [1.54, 1.807) is 16.2 Å². The number of imidazole rings is 1. The monoisotopic (exact) mass is 295 g/mol. The molecule has 0 aliphatic carbocycles. The maximum Gasteiger partial charge on any atom is 0.333 e. The van der Waals surface area contributed by atoms with E-state index in [0.717, 1.165) is 22.3 Å². The van der Waals surface area contributed by atoms with Crippen molar-refractivity contribution in [3.05, 3.63) is 70.8 Å². The van der Waals surface area contributed by atoms with Gasteiger partial charge in [0.15, 0.2) is 0 Å². The van der Waals surface area contributed by atoms with E-state index in [0.29, 0.717) is 5.70 Å². The Morgan fingerprint density at radius 2 is 1.73 bits per heavy atom. The zero-order chi connectivity index (χ0) is 15.7. The minimum atomic E-state index is -0.0823. The average Bonchev–Trinajstić information content (AvgIpc) is 2.80. The summed E-state index contributed by atoms with van der Waals surface area (Å²) in [7, 11) is 1.77. The van der Waals surface area contributed by atoms with E-state index >= 15 is 0 Å². The highest BCUT2D eigenvalue weighted by atomic mass is 16.1. The molecule has 0 radical (unpaired) electrons. The number of para-hydroxylation sites is 2. The van der Waals surface area contributed by atoms with Crippen molar-refractivity contribution in [2.45, 2.75) is 0 Å². The summed E-state index contributed by atoms with van der Waals surface area (Å²) < 4.78 is 3.32. The maximum absolute atomic E-state index is 12.5. The lowest BCUT2D eigenvalue weighted by atomic mass is 10.1. The van der Waals surface area contributed by atoms with Gasteiger partial charge < -0.3 is 11.2 Å². The molecule has 5 N–H and O–H groups in total. The molecule has 0 amide bonds. The first kappa shape index (κ1) is 14.0. The molecule has 2 aromatic carbocycles. The van der Waals surface area contributed by atoms with E-state index in [-0.39, 0.29) is 5.69 Å². The first-order chi connectivity index (χ1) is 10.6. The summed E-state index contributed by atoms with van der Waals surface area (Å²) in [6.07, 6.45) is 1.51. The molecular formula is C16H17N5O. The van der Waals surface area contributed by atoms with Gasteiger partial charge in [-0.3, -0.25) is 15.0 Å². The molecule has 0 spiro atoms. The van der Waals surface area contributed by atoms with Gasteiger partial charge in [-0.2, -0.15) is 0 Å². The lowest BCUT2D eigenvalue weighted by Gasteiger charge is -2.06. The van der Waals surface area contributed by atoms with Crippen LogP contribution >= 0.6 is 0 Å². The van der Waals surface area contributed by atoms with E-state index < -0.39 is 0 Å². The molecule has 0 unspecified atom stereocenters. The highest BCUT2D eigenvalue weighted by Gasteiger charge is 2.11. The van der Waals surface area contributed by atoms with Crippen molar-refractivity contribution in [2.75, 3.05) is 0 Å². The molecule has 6 nitrogen and oxygen atoms in total. The molecule has 112 valence electrons. The van der Waals surface area contributed by atoms with Crippen LogP contribution < -0.4 is 22.7 Å². The van der Waals surface area contributed by atoms with Crippen molar-refractivity contribution in [1.82, 2.24) is 14.6 Å². The number of aryl methyl sites for hydroxylation is 1. The molecule has 1 heterocycles. The summed E-state index contributed by atoms with van der Waals surface area (Å²) in [5.74, 6) is 5.22. The molecule has 0 aliphatic heterocycles. The molecule has 6 heteroatoms. The number of benzene rings is 2. The second-order valence-corrected chi connectivity index (χ2v) is 4.98. The highest BCUT2D eigenvalue weighted by Crippen LogP contribution is 2.18. The quantitative estimate of drug-likeness (QED) is 0.497. The third-order valence-electron chi connectivity index (χ3n) is 3.66. The Labute approximate surface area is 127 Å². The van der Waals surface area contributed by atoms with Gasteiger partial charge >= 0.3 is 5.69 Å². The van der Waals surface area contributed by atoms with Crippen LogP contribution in [0.5, 0.6) is 0 Å². The van der Waals surface area contributed by atoms with E-state index in [1.165, 1.54) is 6.20 Å². The molecule has 0 atom stereocenters. The summed E-state index contributed by atoms with van der Waals surface area (Å²) >= 11 is 0. The second-order valence-electron chi connectivity index (χ2n) is 4.98. The fraction of sp³-hybridized carbons (Fsp3) is 0.0625. The van der Waals surface area contributed by atoms with Crippen LogP contribution in [0.25, 0.3) is 22.4 Å². The number of hydrazine groups is 1. The molecule has 1 aromatic heterocycles. The summed E-state index contributed by atoms with van der Waals surface area (Å²) in [5, 5.41) is 0. The number of nitrogens with zero attached hydrogens (tertiary/aromatic N) is 2. The highest BCUT2D eigenvalue weighted by molar-refractivity contribution is 5.78. The lowest BCUT2D eigenvalue weighted by molar-refractivity contribution is 0.846. The third-order valence-corrected chi connectivity index (χ3v) is 3.66. The Morgan fingerprint density at radius 1 is 1.09 bits per heavy atom. The van der Waals surface area contributed by atoms with Gasteiger partial charge in [0.25, 0.3) is 0 Å². The standard InChI is InChI=1S/C16H17N5O/c1-20-14-4-2-3-5-15(14)21(16(20)22)12-8-6-11(7-9-12)13(17)10-19-18/h2-10,19H,17-18H2,1H3/b13-10-. The van der Waals surface area contributed by atoms with E-state index in [4.69, 9.17) is 11.6 Å². The zero-order valence-electron chi connectivity index (χ0n) is 12.2. The van der Waals surface area contributed by atoms with Crippen LogP contribution in [0.1, 0.15) is 5.56 Å². The zero-order valence-corrected chi connectivity index (χ0v) is 12.2. The predicted molar refractivity (Wildman–Crippen MR) is 88.0 cm³/mol. The summed E-state index contributed by atoms with van der Waals surface area (Å²) in [4.78, 5) is 12.5. The van der Waals surface area contributed by atoms with Crippen LogP contribution in [0, 0.1) is 0 Å². The molecule has 0 fully saturated rings. The fourth-order valence-corrected chi connectivity index (χ4v) is 2.52. The van der Waals surface area contributed by atoms with Crippen molar-refractivity contribution in [2.24, 2.45) is 18.6 Å². The van der Waals surface area contributed by atoms with Gasteiger partial charge in [0.1, 0.15) is 0 Å². The van der Waals surface area contributed by atoms with E-state index in [1.807, 2.05) is 48.5 Å². The molecular weight excluding hydrogens is 278 g/mol. The van der Waals surface area contributed by atoms with Crippen LogP contribution in [-0.2, 0) is 7.05 Å². The predicted octanol–water partition coefficient (Wildman–Crippen LogP) is 1.05. The molecule has 0 aliphatic rings. The SMILES string of the molecule is Cn1c(=O)n(-c2ccc(/C(N)=C/NN)cc2)c2ccccc21. The third kappa shape index (κ3) is 2.15. The number of fused-ring (bicyclic) bond motifs is 1. The van der Waals surface area contributed by atoms with Crippen LogP contribution in [0.4, 0.5) is 0 Å². The number of nitrogens with two attached hydrogens (primary N) is 2. The van der Waals surface area contributed by atoms with Gasteiger partial charge in [0.05, 0.1) is 22.4 Å². The topological polar surface area (TPSA) is 91.0 Å². The Bertz CT molecular complexity index is 902. The van der Waals surface area contributed by atoms with Gasteiger partial charge in [-0.25, -0.2) is 4.79 Å². The first-order valence-electron chi connectivity index (χ1n) is 6.82. The maximum atomic E-state index is 12.5. The lowest BCUT2D eigenvalue weighted by Crippen LogP contribution is -2.20. The Hall–Kier alpha value is -2.99.